The predicted octanol–water partition coefficient (Wildman–Crippen LogP) is 3.68. The van der Waals surface area contributed by atoms with Gasteiger partial charge in [0.25, 0.3) is 0 Å². The first-order valence-corrected chi connectivity index (χ1v) is 5.99. The smallest absolute Gasteiger partial charge is 0.0887 e. The van der Waals surface area contributed by atoms with Crippen LogP contribution < -0.4 is 0 Å². The second-order valence-corrected chi connectivity index (χ2v) is 5.26. The van der Waals surface area contributed by atoms with Gasteiger partial charge in [-0.25, -0.2) is 0 Å². The van der Waals surface area contributed by atoms with Crippen molar-refractivity contribution in [3.8, 4) is 11.1 Å². The van der Waals surface area contributed by atoms with Crippen LogP contribution in [-0.4, -0.2) is 5.11 Å². The fourth-order valence-corrected chi connectivity index (χ4v) is 2.80. The van der Waals surface area contributed by atoms with E-state index >= 15 is 0 Å². The molecule has 3 rings (SSSR count). The minimum absolute atomic E-state index is 0.231. The third kappa shape index (κ3) is 1.36. The Labute approximate surface area is 102 Å². The van der Waals surface area contributed by atoms with E-state index < -0.39 is 6.10 Å². The number of hydrogen-bond acceptors (Lipinski definition) is 1. The Balaban J connectivity index is 2.37. The second-order valence-electron chi connectivity index (χ2n) is 5.26. The average molecular weight is 224 g/mol. The summed E-state index contributed by atoms with van der Waals surface area (Å²) in [6, 6.07) is 16.5. The summed E-state index contributed by atoms with van der Waals surface area (Å²) in [5.74, 6) is 0. The van der Waals surface area contributed by atoms with Gasteiger partial charge in [-0.1, -0.05) is 62.4 Å². The molecule has 1 atom stereocenters. The molecule has 1 aliphatic carbocycles. The quantitative estimate of drug-likeness (QED) is 0.723. The van der Waals surface area contributed by atoms with Crippen LogP contribution in [0, 0.1) is 0 Å². The first kappa shape index (κ1) is 10.5. The number of aliphatic hydroxyl groups excluding tert-OH is 1. The van der Waals surface area contributed by atoms with Crippen molar-refractivity contribution >= 4 is 0 Å². The van der Waals surface area contributed by atoms with E-state index in [2.05, 4.69) is 38.1 Å². The molecule has 0 radical (unpaired) electrons. The van der Waals surface area contributed by atoms with Crippen LogP contribution in [-0.2, 0) is 5.41 Å². The van der Waals surface area contributed by atoms with Crippen molar-refractivity contribution in [3.63, 3.8) is 0 Å². The van der Waals surface area contributed by atoms with Gasteiger partial charge in [-0.3, -0.25) is 0 Å². The molecule has 1 unspecified atom stereocenters. The molecule has 2 aromatic carbocycles. The van der Waals surface area contributed by atoms with Crippen molar-refractivity contribution in [1.82, 2.24) is 0 Å². The Bertz CT molecular complexity index is 569. The lowest BCUT2D eigenvalue weighted by Crippen LogP contribution is -2.31. The molecular weight excluding hydrogens is 208 g/mol. The van der Waals surface area contributed by atoms with Crippen molar-refractivity contribution in [3.05, 3.63) is 59.7 Å². The maximum absolute atomic E-state index is 10.5. The summed E-state index contributed by atoms with van der Waals surface area (Å²) in [5.41, 5.74) is 4.45. The van der Waals surface area contributed by atoms with Gasteiger partial charge in [-0.2, -0.15) is 0 Å². The molecule has 0 spiro atoms. The molecule has 0 fully saturated rings. The van der Waals surface area contributed by atoms with Gasteiger partial charge in [0.15, 0.2) is 0 Å². The van der Waals surface area contributed by atoms with Crippen molar-refractivity contribution < 1.29 is 5.11 Å². The highest BCUT2D eigenvalue weighted by molar-refractivity contribution is 5.75. The number of hydrogen-bond donors (Lipinski definition) is 1. The third-order valence-corrected chi connectivity index (χ3v) is 3.85. The van der Waals surface area contributed by atoms with E-state index in [9.17, 15) is 5.11 Å². The van der Waals surface area contributed by atoms with Crippen LogP contribution in [0.1, 0.15) is 31.1 Å². The highest BCUT2D eigenvalue weighted by atomic mass is 16.3. The standard InChI is InChI=1S/C16H16O/c1-16(2)14-10-6-5-8-12(14)11-7-3-4-9-13(11)15(16)17/h3-10,15,17H,1-2H3. The molecule has 1 aliphatic rings. The molecule has 1 N–H and O–H groups in total. The number of fused-ring (bicyclic) bond motifs is 3. The number of rotatable bonds is 0. The van der Waals surface area contributed by atoms with Crippen LogP contribution in [0.2, 0.25) is 0 Å². The number of benzene rings is 2. The maximum Gasteiger partial charge on any atom is 0.0887 e. The van der Waals surface area contributed by atoms with Gasteiger partial charge in [0.1, 0.15) is 0 Å². The van der Waals surface area contributed by atoms with Crippen LogP contribution in [0.3, 0.4) is 0 Å². The van der Waals surface area contributed by atoms with E-state index in [0.717, 1.165) is 11.1 Å². The van der Waals surface area contributed by atoms with Crippen LogP contribution in [0.5, 0.6) is 0 Å². The van der Waals surface area contributed by atoms with E-state index in [1.54, 1.807) is 0 Å². The van der Waals surface area contributed by atoms with Gasteiger partial charge in [0, 0.05) is 5.41 Å². The van der Waals surface area contributed by atoms with Crippen LogP contribution in [0.15, 0.2) is 48.5 Å². The van der Waals surface area contributed by atoms with Crippen molar-refractivity contribution in [2.24, 2.45) is 0 Å². The monoisotopic (exact) mass is 224 g/mol. The van der Waals surface area contributed by atoms with Gasteiger partial charge in [0.2, 0.25) is 0 Å². The molecule has 0 aromatic heterocycles. The highest BCUT2D eigenvalue weighted by Gasteiger charge is 2.38. The first-order chi connectivity index (χ1) is 8.12. The predicted molar refractivity (Wildman–Crippen MR) is 69.9 cm³/mol. The lowest BCUT2D eigenvalue weighted by Gasteiger charge is -2.38. The number of aliphatic hydroxyl groups is 1. The Hall–Kier alpha value is -1.60. The van der Waals surface area contributed by atoms with Gasteiger partial charge in [-0.05, 0) is 22.3 Å². The van der Waals surface area contributed by atoms with E-state index in [0.29, 0.717) is 0 Å². The topological polar surface area (TPSA) is 20.2 Å². The zero-order chi connectivity index (χ0) is 12.0. The van der Waals surface area contributed by atoms with E-state index in [1.807, 2.05) is 24.3 Å². The fourth-order valence-electron chi connectivity index (χ4n) is 2.80. The first-order valence-electron chi connectivity index (χ1n) is 5.99. The van der Waals surface area contributed by atoms with Crippen molar-refractivity contribution in [2.45, 2.75) is 25.4 Å². The summed E-state index contributed by atoms with van der Waals surface area (Å²) in [4.78, 5) is 0. The molecule has 1 heteroatoms. The van der Waals surface area contributed by atoms with E-state index in [4.69, 9.17) is 0 Å². The minimum atomic E-state index is -0.436. The third-order valence-electron chi connectivity index (χ3n) is 3.85. The highest BCUT2D eigenvalue weighted by Crippen LogP contribution is 2.48. The van der Waals surface area contributed by atoms with Gasteiger partial charge < -0.3 is 5.11 Å². The SMILES string of the molecule is CC1(C)c2ccccc2-c2ccccc2C1O. The normalized spacial score (nSPS) is 20.5. The lowest BCUT2D eigenvalue weighted by atomic mass is 9.68. The van der Waals surface area contributed by atoms with Gasteiger partial charge in [-0.15, -0.1) is 0 Å². The molecule has 1 nitrogen and oxygen atoms in total. The summed E-state index contributed by atoms with van der Waals surface area (Å²) >= 11 is 0. The van der Waals surface area contributed by atoms with Crippen LogP contribution in [0.4, 0.5) is 0 Å². The Morgan fingerprint density at radius 2 is 1.47 bits per heavy atom. The molecule has 0 bridgehead atoms. The maximum atomic E-state index is 10.5. The zero-order valence-corrected chi connectivity index (χ0v) is 10.1. The summed E-state index contributed by atoms with van der Waals surface area (Å²) in [7, 11) is 0. The molecule has 0 amide bonds. The summed E-state index contributed by atoms with van der Waals surface area (Å²) in [6.07, 6.45) is -0.436. The van der Waals surface area contributed by atoms with Gasteiger partial charge >= 0.3 is 0 Å². The average Bonchev–Trinajstić information content (AvgIpc) is 2.37. The van der Waals surface area contributed by atoms with Crippen molar-refractivity contribution in [1.29, 1.82) is 0 Å². The Morgan fingerprint density at radius 1 is 0.882 bits per heavy atom. The molecular formula is C16H16O. The molecule has 0 saturated heterocycles. The molecule has 0 heterocycles. The molecule has 0 aliphatic heterocycles. The van der Waals surface area contributed by atoms with Gasteiger partial charge in [0.05, 0.1) is 6.10 Å². The lowest BCUT2D eigenvalue weighted by molar-refractivity contribution is 0.0986. The largest absolute Gasteiger partial charge is 0.387 e. The molecule has 0 saturated carbocycles. The van der Waals surface area contributed by atoms with Crippen LogP contribution in [0.25, 0.3) is 11.1 Å². The summed E-state index contributed by atoms with van der Waals surface area (Å²) in [5, 5.41) is 10.5. The molecule has 86 valence electrons. The summed E-state index contributed by atoms with van der Waals surface area (Å²) < 4.78 is 0. The van der Waals surface area contributed by atoms with E-state index in [-0.39, 0.29) is 5.41 Å². The zero-order valence-electron chi connectivity index (χ0n) is 10.1. The second kappa shape index (κ2) is 3.44. The Morgan fingerprint density at radius 3 is 2.24 bits per heavy atom. The summed E-state index contributed by atoms with van der Waals surface area (Å²) in [6.45, 7) is 4.21. The Kier molecular flexibility index (Phi) is 2.14. The van der Waals surface area contributed by atoms with Crippen LogP contribution >= 0.6 is 0 Å². The fraction of sp³-hybridized carbons (Fsp3) is 0.250. The van der Waals surface area contributed by atoms with E-state index in [1.165, 1.54) is 11.1 Å². The molecule has 2 aromatic rings. The van der Waals surface area contributed by atoms with Crippen molar-refractivity contribution in [2.75, 3.05) is 0 Å². The molecule has 17 heavy (non-hydrogen) atoms. The minimum Gasteiger partial charge on any atom is -0.387 e.